The van der Waals surface area contributed by atoms with Crippen LogP contribution in [-0.4, -0.2) is 230 Å². The van der Waals surface area contributed by atoms with Crippen molar-refractivity contribution in [3.8, 4) is 0 Å². The number of aliphatic hydroxyl groups excluding tert-OH is 12. The van der Waals surface area contributed by atoms with Gasteiger partial charge >= 0.3 is 0 Å². The molecule has 0 aromatic heterocycles. The van der Waals surface area contributed by atoms with E-state index in [0.717, 1.165) is 44.9 Å². The van der Waals surface area contributed by atoms with Crippen LogP contribution < -0.4 is 0 Å². The van der Waals surface area contributed by atoms with Gasteiger partial charge in [-0.2, -0.15) is 0 Å². The van der Waals surface area contributed by atoms with Crippen molar-refractivity contribution in [2.24, 2.45) is 52.3 Å². The highest BCUT2D eigenvalue weighted by atomic mass is 16.8. The molecule has 0 amide bonds. The lowest BCUT2D eigenvalue weighted by molar-refractivity contribution is -0.363. The second kappa shape index (κ2) is 22.3. The number of aliphatic hydroxyl groups is 12. The third-order valence-electron chi connectivity index (χ3n) is 20.0. The molecule has 422 valence electrons. The summed E-state index contributed by atoms with van der Waals surface area (Å²) < 4.78 is 60.6. The van der Waals surface area contributed by atoms with Crippen molar-refractivity contribution in [1.29, 1.82) is 0 Å². The molecule has 31 atom stereocenters. The summed E-state index contributed by atoms with van der Waals surface area (Å²) in [5, 5.41) is 126. The first-order chi connectivity index (χ1) is 34.6. The first kappa shape index (κ1) is 56.8. The van der Waals surface area contributed by atoms with Gasteiger partial charge in [-0.3, -0.25) is 0 Å². The van der Waals surface area contributed by atoms with Crippen molar-refractivity contribution in [2.45, 2.75) is 234 Å². The van der Waals surface area contributed by atoms with Crippen molar-refractivity contribution in [3.05, 3.63) is 0 Å². The Morgan fingerprint density at radius 3 is 2.00 bits per heavy atom. The predicted octanol–water partition coefficient (Wildman–Crippen LogP) is -1.63. The van der Waals surface area contributed by atoms with Crippen LogP contribution >= 0.6 is 0 Å². The van der Waals surface area contributed by atoms with Gasteiger partial charge in [-0.25, -0.2) is 0 Å². The Balaban J connectivity index is 0.810. The van der Waals surface area contributed by atoms with E-state index in [1.165, 1.54) is 6.92 Å². The van der Waals surface area contributed by atoms with Crippen LogP contribution in [0.15, 0.2) is 0 Å². The molecule has 73 heavy (non-hydrogen) atoms. The third kappa shape index (κ3) is 10.4. The highest BCUT2D eigenvalue weighted by Gasteiger charge is 2.69. The van der Waals surface area contributed by atoms with Gasteiger partial charge in [0.25, 0.3) is 0 Å². The fourth-order valence-electron chi connectivity index (χ4n) is 15.5. The van der Waals surface area contributed by atoms with Gasteiger partial charge in [-0.1, -0.05) is 27.7 Å². The van der Waals surface area contributed by atoms with Crippen LogP contribution in [0.2, 0.25) is 0 Å². The normalized spacial score (nSPS) is 55.6. The molecule has 9 rings (SSSR count). The summed E-state index contributed by atoms with van der Waals surface area (Å²) in [5.41, 5.74) is 0.112. The van der Waals surface area contributed by atoms with Gasteiger partial charge in [-0.05, 0) is 111 Å². The Bertz CT molecular complexity index is 1820. The number of methoxy groups -OCH3 is 1. The second-order valence-electron chi connectivity index (χ2n) is 24.0. The summed E-state index contributed by atoms with van der Waals surface area (Å²) in [7, 11) is 1.73. The molecule has 0 spiro atoms. The van der Waals surface area contributed by atoms with Gasteiger partial charge in [0.1, 0.15) is 85.5 Å². The highest BCUT2D eigenvalue weighted by Crippen LogP contribution is 2.71. The molecule has 4 aliphatic carbocycles. The minimum Gasteiger partial charge on any atom is -0.394 e. The van der Waals surface area contributed by atoms with E-state index in [1.807, 2.05) is 6.92 Å². The molecule has 22 nitrogen and oxygen atoms in total. The molecule has 5 saturated heterocycles. The lowest BCUT2D eigenvalue weighted by atomic mass is 9.44. The second-order valence-corrected chi connectivity index (χ2v) is 24.0. The monoisotopic (exact) mass is 1050 g/mol. The molecule has 5 heterocycles. The number of ether oxygens (including phenoxy) is 10. The number of hydrogen-bond donors (Lipinski definition) is 12. The zero-order valence-electron chi connectivity index (χ0n) is 43.0. The van der Waals surface area contributed by atoms with Gasteiger partial charge in [0, 0.05) is 19.4 Å². The smallest absolute Gasteiger partial charge is 0.186 e. The van der Waals surface area contributed by atoms with E-state index < -0.39 is 136 Å². The SMILES string of the molecule is COC1(CCC(C)COC2OC(CO)C(O)C(O)C2O)OC2CC3C4CCC5CC(OC6OC(COC7OC(C)C(O)C(O)C7O)C(OC7OCC(O)C(O)C7O)C(O)C6O)CCC5(C)C4CCC3(C)C2C1C. The summed E-state index contributed by atoms with van der Waals surface area (Å²) >= 11 is 0. The van der Waals surface area contributed by atoms with Crippen molar-refractivity contribution < 1.29 is 109 Å². The van der Waals surface area contributed by atoms with E-state index in [4.69, 9.17) is 47.4 Å². The topological polar surface area (TPSA) is 335 Å². The van der Waals surface area contributed by atoms with Crippen LogP contribution in [0.1, 0.15) is 98.8 Å². The number of fused-ring (bicyclic) bond motifs is 7. The van der Waals surface area contributed by atoms with Crippen LogP contribution in [0.5, 0.6) is 0 Å². The maximum atomic E-state index is 11.6. The zero-order chi connectivity index (χ0) is 52.6. The van der Waals surface area contributed by atoms with Gasteiger partial charge in [0.2, 0.25) is 0 Å². The first-order valence-corrected chi connectivity index (χ1v) is 27.0. The molecular weight excluding hydrogens is 965 g/mol. The number of hydrogen-bond acceptors (Lipinski definition) is 22. The summed E-state index contributed by atoms with van der Waals surface area (Å²) in [6, 6.07) is 0. The highest BCUT2D eigenvalue weighted by molar-refractivity contribution is 5.15. The number of rotatable bonds is 15. The van der Waals surface area contributed by atoms with E-state index in [1.54, 1.807) is 7.11 Å². The van der Waals surface area contributed by atoms with Crippen LogP contribution in [0.3, 0.4) is 0 Å². The van der Waals surface area contributed by atoms with E-state index in [0.29, 0.717) is 48.9 Å². The molecule has 0 aromatic carbocycles. The molecule has 31 unspecified atom stereocenters. The molecule has 0 bridgehead atoms. The molecule has 9 aliphatic rings. The lowest BCUT2D eigenvalue weighted by Crippen LogP contribution is -2.64. The average molecular weight is 1050 g/mol. The van der Waals surface area contributed by atoms with E-state index in [9.17, 15) is 61.3 Å². The Kier molecular flexibility index (Phi) is 17.4. The van der Waals surface area contributed by atoms with Gasteiger partial charge in [0.05, 0.1) is 44.7 Å². The van der Waals surface area contributed by atoms with Crippen LogP contribution in [0.25, 0.3) is 0 Å². The fourth-order valence-corrected chi connectivity index (χ4v) is 15.5. The van der Waals surface area contributed by atoms with Crippen molar-refractivity contribution >= 4 is 0 Å². The fraction of sp³-hybridized carbons (Fsp3) is 1.00. The zero-order valence-corrected chi connectivity index (χ0v) is 43.0. The quantitative estimate of drug-likeness (QED) is 0.0819. The van der Waals surface area contributed by atoms with Crippen LogP contribution in [0.4, 0.5) is 0 Å². The van der Waals surface area contributed by atoms with E-state index >= 15 is 0 Å². The molecule has 9 fully saturated rings. The minimum atomic E-state index is -1.72. The molecule has 12 N–H and O–H groups in total. The average Bonchev–Trinajstić information content (AvgIpc) is 3.83. The summed E-state index contributed by atoms with van der Waals surface area (Å²) in [4.78, 5) is 0. The summed E-state index contributed by atoms with van der Waals surface area (Å²) in [6.07, 6.45) is -18.5. The summed E-state index contributed by atoms with van der Waals surface area (Å²) in [5.74, 6) is 1.54. The lowest BCUT2D eigenvalue weighted by Gasteiger charge is -2.61. The van der Waals surface area contributed by atoms with E-state index in [2.05, 4.69) is 20.8 Å². The van der Waals surface area contributed by atoms with Crippen molar-refractivity contribution in [3.63, 3.8) is 0 Å². The van der Waals surface area contributed by atoms with E-state index in [-0.39, 0.29) is 48.1 Å². The standard InChI is InChI=1S/C51H86O22/c1-21(18-65-46-42(62)38(58)36(56)31(17-52)70-46)9-14-51(64-6)22(2)33-30(73-51)16-28-26-8-7-24-15-25(10-12-49(24,4)27(26)11-13-50(28,33)5)69-48-43(63)39(59)44(72-47-40(60)35(55)29(53)19-66-47)32(71-48)20-67-45-41(61)37(57)34(54)23(3)68-45/h21-48,52-63H,7-20H2,1-6H3. The molecule has 4 saturated carbocycles. The molecule has 22 heteroatoms. The molecule has 0 aromatic rings. The third-order valence-corrected chi connectivity index (χ3v) is 20.0. The Morgan fingerprint density at radius 1 is 0.630 bits per heavy atom. The van der Waals surface area contributed by atoms with Gasteiger partial charge in [0.15, 0.2) is 30.9 Å². The minimum absolute atomic E-state index is 0.0163. The van der Waals surface area contributed by atoms with Crippen LogP contribution in [0, 0.1) is 52.3 Å². The maximum Gasteiger partial charge on any atom is 0.186 e. The summed E-state index contributed by atoms with van der Waals surface area (Å²) in [6.45, 7) is 9.62. The molecule has 0 radical (unpaired) electrons. The predicted molar refractivity (Wildman–Crippen MR) is 249 cm³/mol. The van der Waals surface area contributed by atoms with Crippen molar-refractivity contribution in [1.82, 2.24) is 0 Å². The largest absolute Gasteiger partial charge is 0.394 e. The first-order valence-electron chi connectivity index (χ1n) is 27.0. The van der Waals surface area contributed by atoms with Crippen molar-refractivity contribution in [2.75, 3.05) is 33.5 Å². The van der Waals surface area contributed by atoms with Gasteiger partial charge in [-0.15, -0.1) is 0 Å². The Hall–Kier alpha value is -0.880. The maximum absolute atomic E-state index is 11.6. The molecule has 5 aliphatic heterocycles. The van der Waals surface area contributed by atoms with Crippen LogP contribution in [-0.2, 0) is 47.4 Å². The molecular formula is C51H86O22. The Morgan fingerprint density at radius 2 is 1.29 bits per heavy atom. The van der Waals surface area contributed by atoms with Gasteiger partial charge < -0.3 is 109 Å². The Labute approximate surface area is 427 Å².